The number of aromatic nitrogens is 2. The molecule has 0 radical (unpaired) electrons. The highest BCUT2D eigenvalue weighted by molar-refractivity contribution is 5.93. The number of nitrogens with zero attached hydrogens (tertiary/aromatic N) is 2. The third-order valence-corrected chi connectivity index (χ3v) is 2.92. The molecule has 0 bridgehead atoms. The first-order chi connectivity index (χ1) is 9.79. The molecule has 2 aromatic heterocycles. The van der Waals surface area contributed by atoms with E-state index in [-0.39, 0.29) is 0 Å². The Morgan fingerprint density at radius 1 is 0.950 bits per heavy atom. The van der Waals surface area contributed by atoms with Gasteiger partial charge in [-0.15, -0.1) is 0 Å². The first kappa shape index (κ1) is 12.2. The predicted molar refractivity (Wildman–Crippen MR) is 77.0 cm³/mol. The van der Waals surface area contributed by atoms with E-state index in [1.54, 1.807) is 43.8 Å². The molecule has 20 heavy (non-hydrogen) atoms. The number of nitrogens with two attached hydrogens (primary N) is 1. The van der Waals surface area contributed by atoms with Gasteiger partial charge in [0.05, 0.1) is 18.3 Å². The Labute approximate surface area is 116 Å². The third kappa shape index (κ3) is 2.09. The van der Waals surface area contributed by atoms with Crippen LogP contribution in [0.3, 0.4) is 0 Å². The van der Waals surface area contributed by atoms with Gasteiger partial charge in [0.15, 0.2) is 5.75 Å². The van der Waals surface area contributed by atoms with Crippen LogP contribution in [0.2, 0.25) is 0 Å². The van der Waals surface area contributed by atoms with E-state index < -0.39 is 0 Å². The van der Waals surface area contributed by atoms with Crippen LogP contribution in [0.5, 0.6) is 17.4 Å². The molecule has 100 valence electrons. The van der Waals surface area contributed by atoms with Crippen molar-refractivity contribution in [3.05, 3.63) is 48.8 Å². The highest BCUT2D eigenvalue weighted by Crippen LogP contribution is 2.34. The summed E-state index contributed by atoms with van der Waals surface area (Å²) in [6, 6.07) is 10.9. The zero-order valence-corrected chi connectivity index (χ0v) is 10.9. The summed E-state index contributed by atoms with van der Waals surface area (Å²) in [6.45, 7) is 0. The lowest BCUT2D eigenvalue weighted by atomic mass is 10.2. The summed E-state index contributed by atoms with van der Waals surface area (Å²) in [5, 5.41) is 0.834. The minimum Gasteiger partial charge on any atom is -0.491 e. The van der Waals surface area contributed by atoms with Gasteiger partial charge in [-0.1, -0.05) is 0 Å². The lowest BCUT2D eigenvalue weighted by Crippen LogP contribution is -1.95. The number of hydrogen-bond donors (Lipinski definition) is 1. The van der Waals surface area contributed by atoms with Crippen molar-refractivity contribution in [3.8, 4) is 17.4 Å². The molecule has 0 aliphatic heterocycles. The smallest absolute Gasteiger partial charge is 0.262 e. The second kappa shape index (κ2) is 5.05. The molecular weight excluding hydrogens is 254 g/mol. The van der Waals surface area contributed by atoms with Crippen molar-refractivity contribution in [1.29, 1.82) is 0 Å². The Morgan fingerprint density at radius 3 is 2.60 bits per heavy atom. The van der Waals surface area contributed by atoms with Crippen LogP contribution in [-0.4, -0.2) is 17.1 Å². The molecule has 5 heteroatoms. The standard InChI is InChI=1S/C15H13N3O2/c1-19-13-5-3-9-18-15(13)20-12-7-6-11(16)14-10(12)4-2-8-17-14/h2-9H,16H2,1H3. The maximum Gasteiger partial charge on any atom is 0.262 e. The lowest BCUT2D eigenvalue weighted by Gasteiger charge is -2.11. The minimum atomic E-state index is 0.407. The summed E-state index contributed by atoms with van der Waals surface area (Å²) in [5.74, 6) is 1.62. The molecule has 0 unspecified atom stereocenters. The number of fused-ring (bicyclic) bond motifs is 1. The first-order valence-electron chi connectivity index (χ1n) is 6.09. The monoisotopic (exact) mass is 267 g/mol. The molecule has 0 aliphatic rings. The number of rotatable bonds is 3. The van der Waals surface area contributed by atoms with Gasteiger partial charge in [-0.25, -0.2) is 4.98 Å². The second-order valence-corrected chi connectivity index (χ2v) is 4.17. The number of benzene rings is 1. The van der Waals surface area contributed by atoms with Gasteiger partial charge in [-0.2, -0.15) is 0 Å². The van der Waals surface area contributed by atoms with Gasteiger partial charge < -0.3 is 15.2 Å². The van der Waals surface area contributed by atoms with E-state index in [0.717, 1.165) is 5.39 Å². The van der Waals surface area contributed by atoms with Crippen LogP contribution in [0.1, 0.15) is 0 Å². The second-order valence-electron chi connectivity index (χ2n) is 4.17. The fourth-order valence-electron chi connectivity index (χ4n) is 1.97. The van der Waals surface area contributed by atoms with Gasteiger partial charge in [0, 0.05) is 17.8 Å². The number of hydrogen-bond acceptors (Lipinski definition) is 5. The molecule has 2 heterocycles. The van der Waals surface area contributed by atoms with Crippen molar-refractivity contribution in [2.75, 3.05) is 12.8 Å². The van der Waals surface area contributed by atoms with Crippen LogP contribution in [0.25, 0.3) is 10.9 Å². The minimum absolute atomic E-state index is 0.407. The van der Waals surface area contributed by atoms with Crippen molar-refractivity contribution in [2.24, 2.45) is 0 Å². The van der Waals surface area contributed by atoms with Crippen LogP contribution in [0.4, 0.5) is 5.69 Å². The Morgan fingerprint density at radius 2 is 1.75 bits per heavy atom. The summed E-state index contributed by atoms with van der Waals surface area (Å²) >= 11 is 0. The zero-order chi connectivity index (χ0) is 13.9. The quantitative estimate of drug-likeness (QED) is 0.739. The SMILES string of the molecule is COc1cccnc1Oc1ccc(N)c2ncccc12. The molecule has 5 nitrogen and oxygen atoms in total. The van der Waals surface area contributed by atoms with Gasteiger partial charge in [0.1, 0.15) is 5.75 Å². The van der Waals surface area contributed by atoms with Crippen LogP contribution in [-0.2, 0) is 0 Å². The largest absolute Gasteiger partial charge is 0.491 e. The van der Waals surface area contributed by atoms with Gasteiger partial charge in [0.25, 0.3) is 5.88 Å². The Hall–Kier alpha value is -2.82. The van der Waals surface area contributed by atoms with Crippen molar-refractivity contribution < 1.29 is 9.47 Å². The van der Waals surface area contributed by atoms with Crippen LogP contribution >= 0.6 is 0 Å². The molecule has 0 saturated heterocycles. The third-order valence-electron chi connectivity index (χ3n) is 2.92. The van der Waals surface area contributed by atoms with Crippen LogP contribution < -0.4 is 15.2 Å². The number of pyridine rings is 2. The van der Waals surface area contributed by atoms with E-state index in [1.165, 1.54) is 0 Å². The van der Waals surface area contributed by atoms with Crippen LogP contribution in [0, 0.1) is 0 Å². The molecule has 0 amide bonds. The summed E-state index contributed by atoms with van der Waals surface area (Å²) in [6.07, 6.45) is 3.35. The molecule has 2 N–H and O–H groups in total. The van der Waals surface area contributed by atoms with E-state index in [4.69, 9.17) is 15.2 Å². The van der Waals surface area contributed by atoms with E-state index >= 15 is 0 Å². The fraction of sp³-hybridized carbons (Fsp3) is 0.0667. The van der Waals surface area contributed by atoms with Crippen molar-refractivity contribution in [1.82, 2.24) is 9.97 Å². The normalized spacial score (nSPS) is 10.4. The topological polar surface area (TPSA) is 70.3 Å². The maximum absolute atomic E-state index is 5.92. The lowest BCUT2D eigenvalue weighted by molar-refractivity contribution is 0.371. The van der Waals surface area contributed by atoms with Crippen molar-refractivity contribution in [3.63, 3.8) is 0 Å². The van der Waals surface area contributed by atoms with E-state index in [0.29, 0.717) is 28.6 Å². The summed E-state index contributed by atoms with van der Waals surface area (Å²) in [5.41, 5.74) is 7.24. The zero-order valence-electron chi connectivity index (χ0n) is 10.9. The van der Waals surface area contributed by atoms with Gasteiger partial charge >= 0.3 is 0 Å². The van der Waals surface area contributed by atoms with Crippen LogP contribution in [0.15, 0.2) is 48.8 Å². The molecular formula is C15H13N3O2. The molecule has 0 spiro atoms. The van der Waals surface area contributed by atoms with Gasteiger partial charge in [0.2, 0.25) is 0 Å². The highest BCUT2D eigenvalue weighted by Gasteiger charge is 2.10. The molecule has 3 rings (SSSR count). The molecule has 0 aliphatic carbocycles. The average Bonchev–Trinajstić information content (AvgIpc) is 2.51. The number of nitrogen functional groups attached to an aromatic ring is 1. The molecule has 0 fully saturated rings. The Balaban J connectivity index is 2.09. The highest BCUT2D eigenvalue weighted by atomic mass is 16.5. The number of anilines is 1. The van der Waals surface area contributed by atoms with Gasteiger partial charge in [-0.05, 0) is 36.4 Å². The first-order valence-corrected chi connectivity index (χ1v) is 6.09. The predicted octanol–water partition coefficient (Wildman–Crippen LogP) is 3.01. The number of methoxy groups -OCH3 is 1. The van der Waals surface area contributed by atoms with Crippen molar-refractivity contribution >= 4 is 16.6 Å². The van der Waals surface area contributed by atoms with Crippen molar-refractivity contribution in [2.45, 2.75) is 0 Å². The molecule has 3 aromatic rings. The summed E-state index contributed by atoms with van der Waals surface area (Å²) in [4.78, 5) is 8.44. The van der Waals surface area contributed by atoms with Gasteiger partial charge in [-0.3, -0.25) is 4.98 Å². The number of ether oxygens (including phenoxy) is 2. The Bertz CT molecular complexity index is 759. The maximum atomic E-state index is 5.92. The molecule has 0 atom stereocenters. The van der Waals surface area contributed by atoms with E-state index in [9.17, 15) is 0 Å². The molecule has 0 saturated carbocycles. The van der Waals surface area contributed by atoms with E-state index in [2.05, 4.69) is 9.97 Å². The molecule has 1 aromatic carbocycles. The summed E-state index contributed by atoms with van der Waals surface area (Å²) < 4.78 is 11.1. The Kier molecular flexibility index (Phi) is 3.09. The average molecular weight is 267 g/mol. The fourth-order valence-corrected chi connectivity index (χ4v) is 1.97. The summed E-state index contributed by atoms with van der Waals surface area (Å²) in [7, 11) is 1.58. The van der Waals surface area contributed by atoms with E-state index in [1.807, 2.05) is 12.1 Å².